The Hall–Kier alpha value is -4.22. The van der Waals surface area contributed by atoms with Crippen LogP contribution in [0, 0.1) is 5.92 Å². The summed E-state index contributed by atoms with van der Waals surface area (Å²) in [4.78, 5) is 40.6. The van der Waals surface area contributed by atoms with E-state index in [1.54, 1.807) is 25.4 Å². The summed E-state index contributed by atoms with van der Waals surface area (Å²) in [5.74, 6) is 0.308. The molecule has 41 heavy (non-hydrogen) atoms. The van der Waals surface area contributed by atoms with E-state index in [0.29, 0.717) is 61.9 Å². The second kappa shape index (κ2) is 12.5. The van der Waals surface area contributed by atoms with Gasteiger partial charge in [-0.3, -0.25) is 14.5 Å². The quantitative estimate of drug-likeness (QED) is 0.168. The molecule has 2 saturated heterocycles. The monoisotopic (exact) mass is 577 g/mol. The molecule has 2 fully saturated rings. The first-order valence-electron chi connectivity index (χ1n) is 13.5. The molecule has 0 spiro atoms. The average molecular weight is 578 g/mol. The van der Waals surface area contributed by atoms with Crippen LogP contribution in [0.1, 0.15) is 18.9 Å². The van der Waals surface area contributed by atoms with Crippen molar-refractivity contribution >= 4 is 40.5 Å². The van der Waals surface area contributed by atoms with Gasteiger partial charge in [0.2, 0.25) is 11.8 Å². The number of amides is 2. The molecule has 2 amide bonds. The molecule has 214 valence electrons. The van der Waals surface area contributed by atoms with Gasteiger partial charge in [0.1, 0.15) is 5.75 Å². The number of benzene rings is 2. The van der Waals surface area contributed by atoms with Gasteiger partial charge in [0.15, 0.2) is 5.82 Å². The second-order valence-electron chi connectivity index (χ2n) is 10.3. The first-order valence-corrected chi connectivity index (χ1v) is 13.8. The van der Waals surface area contributed by atoms with E-state index in [0.717, 1.165) is 24.3 Å². The van der Waals surface area contributed by atoms with Gasteiger partial charge in [-0.05, 0) is 62.4 Å². The summed E-state index contributed by atoms with van der Waals surface area (Å²) in [6.45, 7) is 5.93. The topological polar surface area (TPSA) is 134 Å². The molecule has 11 nitrogen and oxygen atoms in total. The van der Waals surface area contributed by atoms with Crippen LogP contribution in [0.15, 0.2) is 60.0 Å². The minimum Gasteiger partial charge on any atom is -0.506 e. The van der Waals surface area contributed by atoms with E-state index in [-0.39, 0.29) is 28.5 Å². The van der Waals surface area contributed by atoms with Crippen molar-refractivity contribution in [2.24, 2.45) is 11.1 Å². The van der Waals surface area contributed by atoms with E-state index < -0.39 is 0 Å². The lowest BCUT2D eigenvalue weighted by atomic mass is 10.1. The lowest BCUT2D eigenvalue weighted by molar-refractivity contribution is -0.132. The predicted molar refractivity (Wildman–Crippen MR) is 157 cm³/mol. The molecule has 1 aromatic heterocycles. The van der Waals surface area contributed by atoms with Gasteiger partial charge in [0.25, 0.3) is 0 Å². The zero-order valence-corrected chi connectivity index (χ0v) is 23.5. The Labute approximate surface area is 243 Å². The van der Waals surface area contributed by atoms with Crippen molar-refractivity contribution in [3.63, 3.8) is 0 Å². The fourth-order valence-corrected chi connectivity index (χ4v) is 5.25. The number of phenols is 1. The summed E-state index contributed by atoms with van der Waals surface area (Å²) >= 11 is 5.93. The van der Waals surface area contributed by atoms with Crippen molar-refractivity contribution < 1.29 is 19.9 Å². The minimum atomic E-state index is -0.211. The van der Waals surface area contributed by atoms with Gasteiger partial charge in [-0.25, -0.2) is 9.97 Å². The third kappa shape index (κ3) is 6.75. The number of hydrogen-bond donors (Lipinski definition) is 3. The van der Waals surface area contributed by atoms with Gasteiger partial charge >= 0.3 is 0 Å². The summed E-state index contributed by atoms with van der Waals surface area (Å²) in [6.07, 6.45) is 3.94. The Kier molecular flexibility index (Phi) is 8.65. The highest BCUT2D eigenvalue weighted by Gasteiger charge is 2.31. The van der Waals surface area contributed by atoms with Crippen molar-refractivity contribution in [3.8, 4) is 17.1 Å². The zero-order chi connectivity index (χ0) is 28.9. The maximum atomic E-state index is 13.0. The predicted octanol–water partition coefficient (Wildman–Crippen LogP) is 3.31. The molecular formula is C29H32ClN7O4. The summed E-state index contributed by atoms with van der Waals surface area (Å²) in [7, 11) is 0. The Balaban J connectivity index is 1.08. The molecule has 2 aliphatic heterocycles. The third-order valence-electron chi connectivity index (χ3n) is 7.56. The summed E-state index contributed by atoms with van der Waals surface area (Å²) in [6, 6.07) is 12.6. The lowest BCUT2D eigenvalue weighted by Gasteiger charge is -2.36. The van der Waals surface area contributed by atoms with Gasteiger partial charge in [0, 0.05) is 67.6 Å². The number of aromatic nitrogens is 2. The van der Waals surface area contributed by atoms with Crippen molar-refractivity contribution in [2.45, 2.75) is 13.3 Å². The van der Waals surface area contributed by atoms with Crippen LogP contribution >= 0.6 is 11.6 Å². The highest BCUT2D eigenvalue weighted by atomic mass is 35.5. The van der Waals surface area contributed by atoms with Crippen LogP contribution in [0.25, 0.3) is 11.4 Å². The normalized spacial score (nSPS) is 18.0. The molecule has 3 heterocycles. The van der Waals surface area contributed by atoms with Crippen molar-refractivity contribution in [1.29, 1.82) is 0 Å². The average Bonchev–Trinajstić information content (AvgIpc) is 3.47. The number of oxime groups is 1. The van der Waals surface area contributed by atoms with Crippen LogP contribution in [-0.4, -0.2) is 93.4 Å². The second-order valence-corrected chi connectivity index (χ2v) is 10.7. The van der Waals surface area contributed by atoms with Crippen LogP contribution in [0.4, 0.5) is 11.4 Å². The van der Waals surface area contributed by atoms with Gasteiger partial charge in [0.05, 0.1) is 23.2 Å². The molecule has 3 aromatic rings. The van der Waals surface area contributed by atoms with Crippen LogP contribution < -0.4 is 10.2 Å². The number of piperazine rings is 1. The molecule has 2 aliphatic rings. The summed E-state index contributed by atoms with van der Waals surface area (Å²) in [5.41, 5.74) is 3.61. The summed E-state index contributed by atoms with van der Waals surface area (Å²) in [5, 5.41) is 24.7. The molecule has 0 aliphatic carbocycles. The van der Waals surface area contributed by atoms with E-state index in [1.165, 1.54) is 12.1 Å². The molecule has 0 radical (unpaired) electrons. The molecule has 12 heteroatoms. The number of nitrogens with zero attached hydrogens (tertiary/aromatic N) is 6. The fraction of sp³-hybridized carbons (Fsp3) is 0.345. The standard InChI is InChI=1S/C29H32ClN7O4/c1-19(34-41)22-15-31-28(32-16-22)20-2-5-24(6-3-20)36-10-12-37(13-11-36)27(39)18-35-9-8-21(17-35)29(40)33-23-4-7-26(38)25(30)14-23/h2-7,14-16,21,38,41H,8-13,17-18H2,1H3,(H,33,40)/b34-19-/t21-/m1/s1. The Morgan fingerprint density at radius 1 is 1.05 bits per heavy atom. The zero-order valence-electron chi connectivity index (χ0n) is 22.7. The van der Waals surface area contributed by atoms with Crippen molar-refractivity contribution in [1.82, 2.24) is 19.8 Å². The molecule has 0 bridgehead atoms. The molecule has 2 aromatic carbocycles. The number of phenolic OH excluding ortho intramolecular Hbond substituents is 1. The number of carbonyl (C=O) groups is 2. The maximum Gasteiger partial charge on any atom is 0.236 e. The van der Waals surface area contributed by atoms with Gasteiger partial charge in [-0.15, -0.1) is 0 Å². The molecule has 0 unspecified atom stereocenters. The first kappa shape index (κ1) is 28.3. The number of aromatic hydroxyl groups is 1. The number of halogens is 1. The molecule has 1 atom stereocenters. The highest BCUT2D eigenvalue weighted by Crippen LogP contribution is 2.27. The third-order valence-corrected chi connectivity index (χ3v) is 7.86. The van der Waals surface area contributed by atoms with E-state index >= 15 is 0 Å². The minimum absolute atomic E-state index is 0.0343. The number of nitrogens with one attached hydrogen (secondary N) is 1. The van der Waals surface area contributed by atoms with Crippen LogP contribution in [0.3, 0.4) is 0 Å². The van der Waals surface area contributed by atoms with Crippen molar-refractivity contribution in [3.05, 3.63) is 65.4 Å². The highest BCUT2D eigenvalue weighted by molar-refractivity contribution is 6.32. The molecular weight excluding hydrogens is 546 g/mol. The Morgan fingerprint density at radius 3 is 2.41 bits per heavy atom. The SMILES string of the molecule is C/C(=N/O)c1cnc(-c2ccc(N3CCN(C(=O)CN4CC[C@@H](C(=O)Nc5ccc(O)c(Cl)c5)C4)CC3)cc2)nc1. The first-order chi connectivity index (χ1) is 19.8. The van der Waals surface area contributed by atoms with Crippen LogP contribution in [-0.2, 0) is 9.59 Å². The van der Waals surface area contributed by atoms with Crippen molar-refractivity contribution in [2.75, 3.05) is 56.0 Å². The maximum absolute atomic E-state index is 13.0. The Bertz CT molecular complexity index is 1420. The number of rotatable bonds is 7. The number of anilines is 2. The molecule has 3 N–H and O–H groups in total. The van der Waals surface area contributed by atoms with Crippen LogP contribution in [0.5, 0.6) is 5.75 Å². The van der Waals surface area contributed by atoms with Gasteiger partial charge in [-0.2, -0.15) is 0 Å². The van der Waals surface area contributed by atoms with E-state index in [9.17, 15) is 14.7 Å². The van der Waals surface area contributed by atoms with E-state index in [4.69, 9.17) is 16.8 Å². The van der Waals surface area contributed by atoms with E-state index in [1.807, 2.05) is 34.1 Å². The molecule has 5 rings (SSSR count). The molecule has 0 saturated carbocycles. The Morgan fingerprint density at radius 2 is 1.76 bits per heavy atom. The smallest absolute Gasteiger partial charge is 0.236 e. The fourth-order valence-electron chi connectivity index (χ4n) is 5.07. The number of carbonyl (C=O) groups excluding carboxylic acids is 2. The van der Waals surface area contributed by atoms with Gasteiger partial charge < -0.3 is 25.4 Å². The largest absolute Gasteiger partial charge is 0.506 e. The number of hydrogen-bond acceptors (Lipinski definition) is 9. The lowest BCUT2D eigenvalue weighted by Crippen LogP contribution is -2.51. The van der Waals surface area contributed by atoms with Crippen LogP contribution in [0.2, 0.25) is 5.02 Å². The van der Waals surface area contributed by atoms with Gasteiger partial charge in [-0.1, -0.05) is 16.8 Å². The number of likely N-dealkylation sites (tertiary alicyclic amines) is 1. The van der Waals surface area contributed by atoms with E-state index in [2.05, 4.69) is 25.3 Å². The summed E-state index contributed by atoms with van der Waals surface area (Å²) < 4.78 is 0.